The minimum atomic E-state index is 0.311. The van der Waals surface area contributed by atoms with Gasteiger partial charge in [-0.15, -0.1) is 0 Å². The first kappa shape index (κ1) is 17.9. The zero-order valence-electron chi connectivity index (χ0n) is 15.8. The molecule has 3 heteroatoms. The molecule has 3 rings (SSSR count). The summed E-state index contributed by atoms with van der Waals surface area (Å²) in [5, 5.41) is 20.2. The Morgan fingerprint density at radius 2 is 1.23 bits per heavy atom. The predicted molar refractivity (Wildman–Crippen MR) is 105 cm³/mol. The maximum atomic E-state index is 10.1. The Bertz CT molecular complexity index is 941. The SMILES string of the molecule is COc1cc[c]c(-c2cc(C)c(O)c(C)c2)c1-c1cc(C)c(O)c(C)c1. The molecule has 0 bridgehead atoms. The molecular formula is C23H23O3. The summed E-state index contributed by atoms with van der Waals surface area (Å²) in [5.74, 6) is 1.37. The van der Waals surface area contributed by atoms with Gasteiger partial charge < -0.3 is 14.9 Å². The van der Waals surface area contributed by atoms with E-state index < -0.39 is 0 Å². The first-order chi connectivity index (χ1) is 12.3. The maximum Gasteiger partial charge on any atom is 0.127 e. The zero-order valence-corrected chi connectivity index (χ0v) is 15.8. The van der Waals surface area contributed by atoms with E-state index in [0.29, 0.717) is 11.5 Å². The van der Waals surface area contributed by atoms with E-state index in [0.717, 1.165) is 50.3 Å². The number of benzene rings is 3. The molecule has 3 aromatic rings. The smallest absolute Gasteiger partial charge is 0.127 e. The Labute approximate surface area is 154 Å². The van der Waals surface area contributed by atoms with Crippen molar-refractivity contribution in [2.24, 2.45) is 0 Å². The van der Waals surface area contributed by atoms with Crippen LogP contribution in [0.2, 0.25) is 0 Å². The van der Waals surface area contributed by atoms with Crippen LogP contribution in [-0.2, 0) is 0 Å². The van der Waals surface area contributed by atoms with Crippen LogP contribution in [0.4, 0.5) is 0 Å². The van der Waals surface area contributed by atoms with Gasteiger partial charge in [-0.25, -0.2) is 0 Å². The normalized spacial score (nSPS) is 10.8. The molecule has 0 aliphatic heterocycles. The van der Waals surface area contributed by atoms with Crippen LogP contribution in [-0.4, -0.2) is 17.3 Å². The van der Waals surface area contributed by atoms with Gasteiger partial charge in [0.15, 0.2) is 0 Å². The number of ether oxygens (including phenoxy) is 1. The molecule has 0 aliphatic carbocycles. The number of methoxy groups -OCH3 is 1. The number of phenols is 2. The Morgan fingerprint density at radius 3 is 1.69 bits per heavy atom. The predicted octanol–water partition coefficient (Wildman–Crippen LogP) is 5.47. The largest absolute Gasteiger partial charge is 0.507 e. The van der Waals surface area contributed by atoms with E-state index in [1.807, 2.05) is 64.1 Å². The molecule has 0 fully saturated rings. The fourth-order valence-electron chi connectivity index (χ4n) is 3.36. The Balaban J connectivity index is 2.33. The van der Waals surface area contributed by atoms with E-state index in [1.165, 1.54) is 0 Å². The van der Waals surface area contributed by atoms with Gasteiger partial charge in [0.05, 0.1) is 7.11 Å². The summed E-state index contributed by atoms with van der Waals surface area (Å²) in [5.41, 5.74) is 7.02. The van der Waals surface area contributed by atoms with Crippen molar-refractivity contribution in [2.75, 3.05) is 7.11 Å². The third-order valence-electron chi connectivity index (χ3n) is 4.74. The lowest BCUT2D eigenvalue weighted by Gasteiger charge is -2.17. The molecule has 0 aliphatic rings. The summed E-state index contributed by atoms with van der Waals surface area (Å²) in [7, 11) is 1.65. The Hall–Kier alpha value is -2.94. The third kappa shape index (κ3) is 3.01. The van der Waals surface area contributed by atoms with E-state index >= 15 is 0 Å². The molecule has 3 aromatic carbocycles. The van der Waals surface area contributed by atoms with Crippen LogP contribution in [0.5, 0.6) is 17.2 Å². The molecule has 0 amide bonds. The van der Waals surface area contributed by atoms with E-state index in [9.17, 15) is 10.2 Å². The van der Waals surface area contributed by atoms with Gasteiger partial charge in [-0.1, -0.05) is 6.07 Å². The van der Waals surface area contributed by atoms with Crippen molar-refractivity contribution < 1.29 is 14.9 Å². The fourth-order valence-corrected chi connectivity index (χ4v) is 3.36. The summed E-state index contributed by atoms with van der Waals surface area (Å²) in [6, 6.07) is 14.9. The monoisotopic (exact) mass is 347 g/mol. The van der Waals surface area contributed by atoms with Crippen LogP contribution in [0.1, 0.15) is 22.3 Å². The molecule has 1 radical (unpaired) electrons. The molecule has 0 saturated heterocycles. The van der Waals surface area contributed by atoms with Gasteiger partial charge in [-0.05, 0) is 97.5 Å². The van der Waals surface area contributed by atoms with Crippen molar-refractivity contribution in [2.45, 2.75) is 27.7 Å². The van der Waals surface area contributed by atoms with E-state index in [-0.39, 0.29) is 0 Å². The standard InChI is InChI=1S/C23H23O3/c1-13-9-17(10-14(2)22(13)24)19-7-6-8-20(26-5)21(19)18-11-15(3)23(25)16(4)12-18/h6,8-12,24-25H,1-5H3. The Morgan fingerprint density at radius 1 is 0.769 bits per heavy atom. The van der Waals surface area contributed by atoms with Gasteiger partial charge in [-0.2, -0.15) is 0 Å². The highest BCUT2D eigenvalue weighted by atomic mass is 16.5. The molecule has 2 N–H and O–H groups in total. The molecule has 0 saturated carbocycles. The number of aryl methyl sites for hydroxylation is 4. The van der Waals surface area contributed by atoms with Crippen LogP contribution in [0.25, 0.3) is 22.3 Å². The highest BCUT2D eigenvalue weighted by Crippen LogP contribution is 2.42. The lowest BCUT2D eigenvalue weighted by Crippen LogP contribution is -1.94. The number of aromatic hydroxyl groups is 2. The average Bonchev–Trinajstić information content (AvgIpc) is 2.62. The highest BCUT2D eigenvalue weighted by molar-refractivity contribution is 5.88. The summed E-state index contributed by atoms with van der Waals surface area (Å²) in [6.45, 7) is 7.56. The zero-order chi connectivity index (χ0) is 19.0. The van der Waals surface area contributed by atoms with Gasteiger partial charge in [0, 0.05) is 11.1 Å². The van der Waals surface area contributed by atoms with Gasteiger partial charge in [0.2, 0.25) is 0 Å². The van der Waals surface area contributed by atoms with Gasteiger partial charge in [-0.3, -0.25) is 0 Å². The lowest BCUT2D eigenvalue weighted by molar-refractivity contribution is 0.416. The summed E-state index contributed by atoms with van der Waals surface area (Å²) >= 11 is 0. The summed E-state index contributed by atoms with van der Waals surface area (Å²) in [6.07, 6.45) is 0. The fraction of sp³-hybridized carbons (Fsp3) is 0.217. The molecule has 133 valence electrons. The van der Waals surface area contributed by atoms with Crippen molar-refractivity contribution in [3.8, 4) is 39.5 Å². The maximum absolute atomic E-state index is 10.1. The number of hydrogen-bond donors (Lipinski definition) is 2. The van der Waals surface area contributed by atoms with E-state index in [1.54, 1.807) is 7.11 Å². The molecule has 0 atom stereocenters. The summed E-state index contributed by atoms with van der Waals surface area (Å²) in [4.78, 5) is 0. The molecular weight excluding hydrogens is 324 g/mol. The molecule has 26 heavy (non-hydrogen) atoms. The first-order valence-corrected chi connectivity index (χ1v) is 8.53. The van der Waals surface area contributed by atoms with Crippen LogP contribution < -0.4 is 4.74 Å². The van der Waals surface area contributed by atoms with Gasteiger partial charge in [0.25, 0.3) is 0 Å². The van der Waals surface area contributed by atoms with Crippen molar-refractivity contribution in [3.05, 3.63) is 64.7 Å². The second kappa shape index (κ2) is 6.75. The molecule has 3 nitrogen and oxygen atoms in total. The van der Waals surface area contributed by atoms with Crippen LogP contribution in [0, 0.1) is 33.8 Å². The lowest BCUT2D eigenvalue weighted by atomic mass is 9.90. The molecule has 0 aromatic heterocycles. The summed E-state index contributed by atoms with van der Waals surface area (Å²) < 4.78 is 5.62. The topological polar surface area (TPSA) is 49.7 Å². The van der Waals surface area contributed by atoms with Crippen molar-refractivity contribution in [1.29, 1.82) is 0 Å². The molecule has 0 spiro atoms. The number of hydrogen-bond acceptors (Lipinski definition) is 3. The highest BCUT2D eigenvalue weighted by Gasteiger charge is 2.17. The van der Waals surface area contributed by atoms with Gasteiger partial charge in [0.1, 0.15) is 17.2 Å². The average molecular weight is 347 g/mol. The van der Waals surface area contributed by atoms with E-state index in [2.05, 4.69) is 6.07 Å². The Kier molecular flexibility index (Phi) is 4.64. The number of rotatable bonds is 3. The van der Waals surface area contributed by atoms with Crippen LogP contribution in [0.3, 0.4) is 0 Å². The minimum Gasteiger partial charge on any atom is -0.507 e. The van der Waals surface area contributed by atoms with Crippen LogP contribution >= 0.6 is 0 Å². The van der Waals surface area contributed by atoms with Crippen molar-refractivity contribution in [3.63, 3.8) is 0 Å². The van der Waals surface area contributed by atoms with Crippen molar-refractivity contribution >= 4 is 0 Å². The number of phenolic OH excluding ortho intramolecular Hbond substituents is 2. The van der Waals surface area contributed by atoms with Crippen LogP contribution in [0.15, 0.2) is 36.4 Å². The second-order valence-corrected chi connectivity index (χ2v) is 6.71. The quantitative estimate of drug-likeness (QED) is 0.660. The minimum absolute atomic E-state index is 0.311. The third-order valence-corrected chi connectivity index (χ3v) is 4.74. The van der Waals surface area contributed by atoms with Gasteiger partial charge >= 0.3 is 0 Å². The van der Waals surface area contributed by atoms with E-state index in [4.69, 9.17) is 4.74 Å². The molecule has 0 heterocycles. The first-order valence-electron chi connectivity index (χ1n) is 8.53. The second-order valence-electron chi connectivity index (χ2n) is 6.71. The van der Waals surface area contributed by atoms with Crippen molar-refractivity contribution in [1.82, 2.24) is 0 Å². The molecule has 0 unspecified atom stereocenters.